The topological polar surface area (TPSA) is 74.7 Å². The van der Waals surface area contributed by atoms with Crippen molar-refractivity contribution in [2.75, 3.05) is 16.6 Å². The molecule has 7 heteroatoms. The Balaban J connectivity index is 2.38. The third-order valence-electron chi connectivity index (χ3n) is 3.02. The van der Waals surface area contributed by atoms with Crippen molar-refractivity contribution >= 4 is 27.8 Å². The van der Waals surface area contributed by atoms with Crippen molar-refractivity contribution in [3.8, 4) is 0 Å². The Morgan fingerprint density at radius 2 is 2.10 bits per heavy atom. The normalized spacial score (nSPS) is 18.4. The van der Waals surface area contributed by atoms with Crippen LogP contribution < -0.4 is 4.31 Å². The molecule has 0 radical (unpaired) electrons. The smallest absolute Gasteiger partial charge is 0.328 e. The van der Waals surface area contributed by atoms with Gasteiger partial charge in [0.15, 0.2) is 0 Å². The second kappa shape index (κ2) is 5.62. The summed E-state index contributed by atoms with van der Waals surface area (Å²) in [6.45, 7) is 0.357. The molecule has 1 heterocycles. The molecule has 0 amide bonds. The van der Waals surface area contributed by atoms with Gasteiger partial charge in [0.2, 0.25) is 10.0 Å². The fourth-order valence-corrected chi connectivity index (χ4v) is 3.69. The van der Waals surface area contributed by atoms with E-state index in [-0.39, 0.29) is 11.3 Å². The number of halogens is 1. The highest BCUT2D eigenvalue weighted by Gasteiger charge is 2.26. The maximum Gasteiger partial charge on any atom is 0.328 e. The summed E-state index contributed by atoms with van der Waals surface area (Å²) >= 11 is 0. The van der Waals surface area contributed by atoms with Gasteiger partial charge < -0.3 is 5.11 Å². The van der Waals surface area contributed by atoms with Crippen LogP contribution in [-0.2, 0) is 14.8 Å². The Morgan fingerprint density at radius 3 is 2.75 bits per heavy atom. The molecule has 1 aromatic rings. The van der Waals surface area contributed by atoms with Crippen LogP contribution in [0.15, 0.2) is 24.3 Å². The molecule has 0 aliphatic carbocycles. The average Bonchev–Trinajstić information content (AvgIpc) is 2.37. The minimum absolute atomic E-state index is 0.0469. The van der Waals surface area contributed by atoms with Gasteiger partial charge in [-0.25, -0.2) is 17.6 Å². The molecular formula is C13H14FNO4S. The summed E-state index contributed by atoms with van der Waals surface area (Å²) in [5.41, 5.74) is 0.404. The predicted molar refractivity (Wildman–Crippen MR) is 73.4 cm³/mol. The Labute approximate surface area is 116 Å². The van der Waals surface area contributed by atoms with Gasteiger partial charge in [0, 0.05) is 18.2 Å². The van der Waals surface area contributed by atoms with Crippen LogP contribution in [0.2, 0.25) is 0 Å². The summed E-state index contributed by atoms with van der Waals surface area (Å²) in [4.78, 5) is 10.5. The van der Waals surface area contributed by atoms with Gasteiger partial charge in [-0.2, -0.15) is 0 Å². The van der Waals surface area contributed by atoms with E-state index in [1.807, 2.05) is 0 Å². The summed E-state index contributed by atoms with van der Waals surface area (Å²) in [5, 5.41) is 8.55. The van der Waals surface area contributed by atoms with Gasteiger partial charge in [0.1, 0.15) is 5.82 Å². The van der Waals surface area contributed by atoms with E-state index in [1.165, 1.54) is 16.4 Å². The Hall–Kier alpha value is -1.89. The molecule has 0 atom stereocenters. The average molecular weight is 299 g/mol. The van der Waals surface area contributed by atoms with E-state index in [9.17, 15) is 17.6 Å². The SMILES string of the molecule is O=C(O)/C=C/c1cc(N2CCCCS2(=O)=O)ccc1F. The van der Waals surface area contributed by atoms with Crippen LogP contribution in [0.4, 0.5) is 10.1 Å². The lowest BCUT2D eigenvalue weighted by atomic mass is 10.1. The van der Waals surface area contributed by atoms with Gasteiger partial charge in [-0.15, -0.1) is 0 Å². The highest BCUT2D eigenvalue weighted by Crippen LogP contribution is 2.26. The van der Waals surface area contributed by atoms with Crippen LogP contribution in [0.5, 0.6) is 0 Å². The van der Waals surface area contributed by atoms with Crippen LogP contribution in [0.25, 0.3) is 6.08 Å². The van der Waals surface area contributed by atoms with E-state index in [1.54, 1.807) is 0 Å². The number of nitrogens with zero attached hydrogens (tertiary/aromatic N) is 1. The molecule has 108 valence electrons. The molecule has 1 fully saturated rings. The number of benzene rings is 1. The number of carboxylic acids is 1. The first-order chi connectivity index (χ1) is 9.40. The fraction of sp³-hybridized carbons (Fsp3) is 0.308. The monoisotopic (exact) mass is 299 g/mol. The Kier molecular flexibility index (Phi) is 4.08. The largest absolute Gasteiger partial charge is 0.478 e. The first kappa shape index (κ1) is 14.5. The third-order valence-corrected chi connectivity index (χ3v) is 4.89. The molecule has 1 aliphatic rings. The minimum Gasteiger partial charge on any atom is -0.478 e. The molecule has 1 saturated heterocycles. The summed E-state index contributed by atoms with van der Waals surface area (Å²) in [6.07, 6.45) is 3.29. The second-order valence-electron chi connectivity index (χ2n) is 4.47. The van der Waals surface area contributed by atoms with Crippen LogP contribution in [0, 0.1) is 5.82 Å². The maximum atomic E-state index is 13.6. The molecule has 0 saturated carbocycles. The number of sulfonamides is 1. The van der Waals surface area contributed by atoms with Gasteiger partial charge in [-0.3, -0.25) is 4.31 Å². The zero-order valence-electron chi connectivity index (χ0n) is 10.6. The van der Waals surface area contributed by atoms with Crippen molar-refractivity contribution in [3.05, 3.63) is 35.7 Å². The number of anilines is 1. The zero-order valence-corrected chi connectivity index (χ0v) is 11.4. The fourth-order valence-electron chi connectivity index (χ4n) is 2.05. The first-order valence-electron chi connectivity index (χ1n) is 6.11. The van der Waals surface area contributed by atoms with Crippen LogP contribution in [0.3, 0.4) is 0 Å². The second-order valence-corrected chi connectivity index (χ2v) is 6.49. The van der Waals surface area contributed by atoms with Gasteiger partial charge in [-0.05, 0) is 37.1 Å². The molecular weight excluding hydrogens is 285 g/mol. The number of carbonyl (C=O) groups is 1. The Morgan fingerprint density at radius 1 is 1.35 bits per heavy atom. The standard InChI is InChI=1S/C13H14FNO4S/c14-12-5-4-11(9-10(12)3-6-13(16)17)15-7-1-2-8-20(15,18)19/h3-6,9H,1-2,7-8H2,(H,16,17)/b6-3+. The van der Waals surface area contributed by atoms with E-state index < -0.39 is 21.8 Å². The molecule has 0 unspecified atom stereocenters. The Bertz CT molecular complexity index is 654. The summed E-state index contributed by atoms with van der Waals surface area (Å²) in [6, 6.07) is 3.87. The van der Waals surface area contributed by atoms with Crippen LogP contribution in [0.1, 0.15) is 18.4 Å². The van der Waals surface area contributed by atoms with E-state index in [0.717, 1.165) is 24.6 Å². The van der Waals surface area contributed by atoms with E-state index in [2.05, 4.69) is 0 Å². The van der Waals surface area contributed by atoms with Crippen molar-refractivity contribution in [1.29, 1.82) is 0 Å². The summed E-state index contributed by atoms with van der Waals surface area (Å²) in [7, 11) is -3.37. The maximum absolute atomic E-state index is 13.6. The van der Waals surface area contributed by atoms with Gasteiger partial charge in [-0.1, -0.05) is 0 Å². The third kappa shape index (κ3) is 3.16. The van der Waals surface area contributed by atoms with Crippen LogP contribution in [-0.4, -0.2) is 31.8 Å². The first-order valence-corrected chi connectivity index (χ1v) is 7.72. The van der Waals surface area contributed by atoms with Crippen LogP contribution >= 0.6 is 0 Å². The lowest BCUT2D eigenvalue weighted by Gasteiger charge is -2.28. The lowest BCUT2D eigenvalue weighted by molar-refractivity contribution is -0.131. The molecule has 5 nitrogen and oxygen atoms in total. The summed E-state index contributed by atoms with van der Waals surface area (Å²) in [5.74, 6) is -1.72. The number of aliphatic carboxylic acids is 1. The molecule has 1 aromatic carbocycles. The number of hydrogen-bond donors (Lipinski definition) is 1. The van der Waals surface area contributed by atoms with Crippen molar-refractivity contribution in [1.82, 2.24) is 0 Å². The van der Waals surface area contributed by atoms with Gasteiger partial charge in [0.25, 0.3) is 0 Å². The van der Waals surface area contributed by atoms with E-state index in [4.69, 9.17) is 5.11 Å². The molecule has 20 heavy (non-hydrogen) atoms. The zero-order chi connectivity index (χ0) is 14.8. The number of hydrogen-bond acceptors (Lipinski definition) is 3. The molecule has 1 aliphatic heterocycles. The number of carboxylic acid groups (broad SMARTS) is 1. The van der Waals surface area contributed by atoms with Gasteiger partial charge in [0.05, 0.1) is 11.4 Å². The predicted octanol–water partition coefficient (Wildman–Crippen LogP) is 1.85. The van der Waals surface area contributed by atoms with Gasteiger partial charge >= 0.3 is 5.97 Å². The van der Waals surface area contributed by atoms with Crippen molar-refractivity contribution < 1.29 is 22.7 Å². The quantitative estimate of drug-likeness (QED) is 0.864. The highest BCUT2D eigenvalue weighted by atomic mass is 32.2. The molecule has 0 aromatic heterocycles. The van der Waals surface area contributed by atoms with E-state index >= 15 is 0 Å². The van der Waals surface area contributed by atoms with E-state index in [0.29, 0.717) is 18.7 Å². The van der Waals surface area contributed by atoms with Crippen molar-refractivity contribution in [2.45, 2.75) is 12.8 Å². The molecule has 2 rings (SSSR count). The minimum atomic E-state index is -3.37. The molecule has 0 bridgehead atoms. The molecule has 1 N–H and O–H groups in total. The number of rotatable bonds is 3. The lowest BCUT2D eigenvalue weighted by Crippen LogP contribution is -2.37. The summed E-state index contributed by atoms with van der Waals surface area (Å²) < 4.78 is 38.7. The van der Waals surface area contributed by atoms with Crippen molar-refractivity contribution in [3.63, 3.8) is 0 Å². The highest BCUT2D eigenvalue weighted by molar-refractivity contribution is 7.92. The molecule has 0 spiro atoms. The van der Waals surface area contributed by atoms with Crippen molar-refractivity contribution in [2.24, 2.45) is 0 Å².